The molecule has 1 aromatic heterocycles. The van der Waals surface area contributed by atoms with E-state index in [0.717, 1.165) is 0 Å². The lowest BCUT2D eigenvalue weighted by Gasteiger charge is -2.34. The van der Waals surface area contributed by atoms with Gasteiger partial charge in [0, 0.05) is 24.0 Å². The summed E-state index contributed by atoms with van der Waals surface area (Å²) < 4.78 is 25.3. The molecule has 2 aromatic carbocycles. The third-order valence-corrected chi connectivity index (χ3v) is 6.03. The Morgan fingerprint density at radius 3 is 2.87 bits per heavy atom. The summed E-state index contributed by atoms with van der Waals surface area (Å²) in [5, 5.41) is 0.481. The molecular formula is C24H21FN2O4. The number of aryl methyl sites for hydroxylation is 1. The van der Waals surface area contributed by atoms with E-state index in [1.54, 1.807) is 49.3 Å². The number of ether oxygens (including phenoxy) is 2. The van der Waals surface area contributed by atoms with Crippen LogP contribution in [-0.4, -0.2) is 47.4 Å². The van der Waals surface area contributed by atoms with Crippen LogP contribution in [0, 0.1) is 12.7 Å². The van der Waals surface area contributed by atoms with E-state index in [4.69, 9.17) is 9.47 Å². The van der Waals surface area contributed by atoms with E-state index in [9.17, 15) is 14.0 Å². The van der Waals surface area contributed by atoms with Crippen molar-refractivity contribution in [3.05, 3.63) is 65.1 Å². The van der Waals surface area contributed by atoms with Gasteiger partial charge in [-0.2, -0.15) is 0 Å². The largest absolute Gasteiger partial charge is 0.497 e. The minimum absolute atomic E-state index is 0.0262. The number of carbonyl (C=O) groups excluding carboxylic acids is 2. The van der Waals surface area contributed by atoms with E-state index in [-0.39, 0.29) is 18.1 Å². The zero-order valence-electron chi connectivity index (χ0n) is 17.3. The second kappa shape index (κ2) is 7.04. The molecule has 0 aliphatic carbocycles. The normalized spacial score (nSPS) is 20.1. The maximum atomic E-state index is 13.9. The number of rotatable bonds is 2. The molecule has 0 saturated carbocycles. The SMILES string of the molecule is COc1ccc2c(c1)C(=O)CC1(CCN(C(=O)c3cc(C)nc4ccc(F)cc34)C1)O2. The summed E-state index contributed by atoms with van der Waals surface area (Å²) >= 11 is 0. The van der Waals surface area contributed by atoms with Crippen LogP contribution in [0.3, 0.4) is 0 Å². The number of aromatic nitrogens is 1. The van der Waals surface area contributed by atoms with Gasteiger partial charge in [0.15, 0.2) is 5.78 Å². The van der Waals surface area contributed by atoms with Crippen molar-refractivity contribution < 1.29 is 23.5 Å². The minimum Gasteiger partial charge on any atom is -0.497 e. The summed E-state index contributed by atoms with van der Waals surface area (Å²) in [6, 6.07) is 11.1. The fraction of sp³-hybridized carbons (Fsp3) is 0.292. The fourth-order valence-corrected chi connectivity index (χ4v) is 4.52. The second-order valence-electron chi connectivity index (χ2n) is 8.20. The number of pyridine rings is 1. The number of halogens is 1. The van der Waals surface area contributed by atoms with Crippen LogP contribution in [-0.2, 0) is 0 Å². The summed E-state index contributed by atoms with van der Waals surface area (Å²) in [5.74, 6) is 0.454. The van der Waals surface area contributed by atoms with Crippen LogP contribution < -0.4 is 9.47 Å². The number of likely N-dealkylation sites (tertiary alicyclic amines) is 1. The Hall–Kier alpha value is -3.48. The van der Waals surface area contributed by atoms with Gasteiger partial charge >= 0.3 is 0 Å². The molecule has 1 fully saturated rings. The van der Waals surface area contributed by atoms with Crippen LogP contribution in [0.15, 0.2) is 42.5 Å². The average Bonchev–Trinajstić information content (AvgIpc) is 3.15. The standard InChI is InChI=1S/C24H21FN2O4/c1-14-9-18(17-10-15(25)3-5-20(17)26-14)23(29)27-8-7-24(13-27)12-21(28)19-11-16(30-2)4-6-22(19)31-24/h3-6,9-11H,7-8,12-13H2,1-2H3. The Kier molecular flexibility index (Phi) is 4.43. The van der Waals surface area contributed by atoms with Crippen LogP contribution in [0.25, 0.3) is 10.9 Å². The Balaban J connectivity index is 1.45. The van der Waals surface area contributed by atoms with Gasteiger partial charge < -0.3 is 14.4 Å². The lowest BCUT2D eigenvalue weighted by Crippen LogP contribution is -2.45. The van der Waals surface area contributed by atoms with Crippen molar-refractivity contribution in [3.8, 4) is 11.5 Å². The average molecular weight is 420 g/mol. The molecule has 0 N–H and O–H groups in total. The lowest BCUT2D eigenvalue weighted by molar-refractivity contribution is 0.0428. The molecule has 1 spiro atoms. The van der Waals surface area contributed by atoms with E-state index in [1.807, 2.05) is 0 Å². The van der Waals surface area contributed by atoms with Gasteiger partial charge in [0.25, 0.3) is 5.91 Å². The van der Waals surface area contributed by atoms with Gasteiger partial charge in [-0.05, 0) is 49.4 Å². The van der Waals surface area contributed by atoms with Crippen molar-refractivity contribution in [2.24, 2.45) is 0 Å². The first-order valence-corrected chi connectivity index (χ1v) is 10.1. The second-order valence-corrected chi connectivity index (χ2v) is 8.20. The van der Waals surface area contributed by atoms with Crippen LogP contribution in [0.2, 0.25) is 0 Å². The number of hydrogen-bond donors (Lipinski definition) is 0. The molecule has 3 heterocycles. The predicted molar refractivity (Wildman–Crippen MR) is 112 cm³/mol. The molecule has 6 nitrogen and oxygen atoms in total. The molecule has 1 saturated heterocycles. The third-order valence-electron chi connectivity index (χ3n) is 6.03. The van der Waals surface area contributed by atoms with E-state index in [2.05, 4.69) is 4.98 Å². The first kappa shape index (κ1) is 19.5. The van der Waals surface area contributed by atoms with Gasteiger partial charge in [0.2, 0.25) is 0 Å². The highest BCUT2D eigenvalue weighted by Gasteiger charge is 2.47. The summed E-state index contributed by atoms with van der Waals surface area (Å²) in [4.78, 5) is 32.3. The molecule has 3 aromatic rings. The molecule has 1 unspecified atom stereocenters. The van der Waals surface area contributed by atoms with Gasteiger partial charge in [-0.25, -0.2) is 4.39 Å². The van der Waals surface area contributed by atoms with Crippen molar-refractivity contribution in [2.45, 2.75) is 25.4 Å². The molecule has 158 valence electrons. The maximum Gasteiger partial charge on any atom is 0.254 e. The first-order chi connectivity index (χ1) is 14.9. The molecular weight excluding hydrogens is 399 g/mol. The summed E-state index contributed by atoms with van der Waals surface area (Å²) in [5.41, 5.74) is 1.42. The highest BCUT2D eigenvalue weighted by molar-refractivity contribution is 6.06. The monoisotopic (exact) mass is 420 g/mol. The molecule has 7 heteroatoms. The number of hydrogen-bond acceptors (Lipinski definition) is 5. The maximum absolute atomic E-state index is 13.9. The number of ketones is 1. The molecule has 0 radical (unpaired) electrons. The number of methoxy groups -OCH3 is 1. The minimum atomic E-state index is -0.753. The predicted octanol–water partition coefficient (Wildman–Crippen LogP) is 3.94. The first-order valence-electron chi connectivity index (χ1n) is 10.1. The quantitative estimate of drug-likeness (QED) is 0.628. The van der Waals surface area contributed by atoms with Crippen LogP contribution in [0.5, 0.6) is 11.5 Å². The highest BCUT2D eigenvalue weighted by Crippen LogP contribution is 2.40. The summed E-state index contributed by atoms with van der Waals surface area (Å²) in [6.45, 7) is 2.55. The lowest BCUT2D eigenvalue weighted by atomic mass is 9.89. The molecule has 2 aliphatic heterocycles. The molecule has 0 bridgehead atoms. The number of fused-ring (bicyclic) bond motifs is 2. The van der Waals surface area contributed by atoms with Crippen molar-refractivity contribution in [1.29, 1.82) is 0 Å². The molecule has 1 amide bonds. The Labute approximate surface area is 178 Å². The van der Waals surface area contributed by atoms with Crippen LogP contribution >= 0.6 is 0 Å². The van der Waals surface area contributed by atoms with E-state index >= 15 is 0 Å². The van der Waals surface area contributed by atoms with E-state index in [0.29, 0.717) is 58.7 Å². The number of Topliss-reactive ketones (excluding diaryl/α,β-unsaturated/α-hetero) is 1. The van der Waals surface area contributed by atoms with Gasteiger partial charge in [0.1, 0.15) is 22.9 Å². The summed E-state index contributed by atoms with van der Waals surface area (Å²) in [7, 11) is 1.55. The van der Waals surface area contributed by atoms with Crippen LogP contribution in [0.1, 0.15) is 39.3 Å². The smallest absolute Gasteiger partial charge is 0.254 e. The Morgan fingerprint density at radius 1 is 1.23 bits per heavy atom. The van der Waals surface area contributed by atoms with Crippen molar-refractivity contribution in [1.82, 2.24) is 9.88 Å². The van der Waals surface area contributed by atoms with Gasteiger partial charge in [-0.15, -0.1) is 0 Å². The van der Waals surface area contributed by atoms with E-state index in [1.165, 1.54) is 12.1 Å². The highest BCUT2D eigenvalue weighted by atomic mass is 19.1. The number of nitrogens with zero attached hydrogens (tertiary/aromatic N) is 2. The molecule has 5 rings (SSSR count). The molecule has 1 atom stereocenters. The fourth-order valence-electron chi connectivity index (χ4n) is 4.52. The van der Waals surface area contributed by atoms with Gasteiger partial charge in [-0.1, -0.05) is 0 Å². The Bertz CT molecular complexity index is 1240. The third kappa shape index (κ3) is 3.30. The summed E-state index contributed by atoms with van der Waals surface area (Å²) in [6.07, 6.45) is 0.744. The zero-order valence-corrected chi connectivity index (χ0v) is 17.3. The van der Waals surface area contributed by atoms with Crippen molar-refractivity contribution in [2.75, 3.05) is 20.2 Å². The molecule has 2 aliphatic rings. The van der Waals surface area contributed by atoms with E-state index < -0.39 is 11.4 Å². The van der Waals surface area contributed by atoms with Crippen molar-refractivity contribution >= 4 is 22.6 Å². The molecule has 31 heavy (non-hydrogen) atoms. The number of carbonyl (C=O) groups is 2. The van der Waals surface area contributed by atoms with Gasteiger partial charge in [0.05, 0.1) is 36.7 Å². The zero-order chi connectivity index (χ0) is 21.8. The van der Waals surface area contributed by atoms with Crippen molar-refractivity contribution in [3.63, 3.8) is 0 Å². The van der Waals surface area contributed by atoms with Crippen LogP contribution in [0.4, 0.5) is 4.39 Å². The number of benzene rings is 2. The van der Waals surface area contributed by atoms with Gasteiger partial charge in [-0.3, -0.25) is 14.6 Å². The number of amides is 1. The topological polar surface area (TPSA) is 68.7 Å². The Morgan fingerprint density at radius 2 is 2.06 bits per heavy atom.